The Hall–Kier alpha value is -2.48. The number of anilines is 2. The van der Waals surface area contributed by atoms with Crippen LogP contribution in [-0.4, -0.2) is 0 Å². The van der Waals surface area contributed by atoms with Crippen LogP contribution in [0.5, 0.6) is 0 Å². The van der Waals surface area contributed by atoms with Crippen LogP contribution in [0.3, 0.4) is 0 Å². The van der Waals surface area contributed by atoms with E-state index in [1.807, 2.05) is 54.6 Å². The van der Waals surface area contributed by atoms with E-state index in [2.05, 4.69) is 19.7 Å². The van der Waals surface area contributed by atoms with Crippen LogP contribution in [0, 0.1) is 0 Å². The second-order valence-electron chi connectivity index (χ2n) is 3.28. The highest BCUT2D eigenvalue weighted by molar-refractivity contribution is 5.51. The number of hydrogen-bond donors (Lipinski definition) is 2. The lowest BCUT2D eigenvalue weighted by Crippen LogP contribution is -1.81. The molecule has 2 heteroatoms. The van der Waals surface area contributed by atoms with Crippen LogP contribution in [0.25, 0.3) is 6.08 Å². The third kappa shape index (κ3) is 6.90. The van der Waals surface area contributed by atoms with Crippen LogP contribution < -0.4 is 11.5 Å². The summed E-state index contributed by atoms with van der Waals surface area (Å²) in [7, 11) is 0. The molecule has 2 rings (SSSR count). The molecule has 0 aliphatic carbocycles. The zero-order chi connectivity index (χ0) is 13.8. The maximum Gasteiger partial charge on any atom is 0.0314 e. The van der Waals surface area contributed by atoms with Crippen LogP contribution in [0.15, 0.2) is 74.3 Å². The van der Waals surface area contributed by atoms with Gasteiger partial charge < -0.3 is 11.5 Å². The standard InChI is InChI=1S/C8H9N.C6H7N.C2H4/c1-2-7-3-5-8(9)6-4-7;7-6-4-2-1-3-5-6;1-2/h2-6H,1,9H2;1-5H,7H2;1-2H2. The van der Waals surface area contributed by atoms with Crippen molar-refractivity contribution < 1.29 is 0 Å². The van der Waals surface area contributed by atoms with Crippen LogP contribution in [0.4, 0.5) is 11.4 Å². The number of nitrogen functional groups attached to an aromatic ring is 2. The number of rotatable bonds is 1. The topological polar surface area (TPSA) is 52.0 Å². The maximum absolute atomic E-state index is 5.45. The highest BCUT2D eigenvalue weighted by Crippen LogP contribution is 2.05. The summed E-state index contributed by atoms with van der Waals surface area (Å²) in [6.07, 6.45) is 1.79. The summed E-state index contributed by atoms with van der Waals surface area (Å²) in [4.78, 5) is 0. The second-order valence-corrected chi connectivity index (χ2v) is 3.28. The van der Waals surface area contributed by atoms with Crippen molar-refractivity contribution >= 4 is 17.5 Å². The fourth-order valence-corrected chi connectivity index (χ4v) is 1.09. The first kappa shape index (κ1) is 15.5. The normalized spacial score (nSPS) is 8.00. The molecule has 2 aromatic carbocycles. The Morgan fingerprint density at radius 1 is 0.722 bits per heavy atom. The van der Waals surface area contributed by atoms with Gasteiger partial charge in [0.25, 0.3) is 0 Å². The molecule has 2 nitrogen and oxygen atoms in total. The predicted octanol–water partition coefficient (Wildman–Crippen LogP) is 3.98. The number of para-hydroxylation sites is 1. The van der Waals surface area contributed by atoms with Gasteiger partial charge in [-0.2, -0.15) is 0 Å². The summed E-state index contributed by atoms with van der Waals surface area (Å²) in [6, 6.07) is 17.1. The largest absolute Gasteiger partial charge is 0.399 e. The van der Waals surface area contributed by atoms with E-state index >= 15 is 0 Å². The van der Waals surface area contributed by atoms with Gasteiger partial charge in [0.2, 0.25) is 0 Å². The van der Waals surface area contributed by atoms with E-state index in [1.54, 1.807) is 6.08 Å². The summed E-state index contributed by atoms with van der Waals surface area (Å²) >= 11 is 0. The van der Waals surface area contributed by atoms with Gasteiger partial charge in [0.15, 0.2) is 0 Å². The number of nitrogens with two attached hydrogens (primary N) is 2. The molecule has 0 aliphatic heterocycles. The van der Waals surface area contributed by atoms with Crippen molar-refractivity contribution in [3.8, 4) is 0 Å². The van der Waals surface area contributed by atoms with Crippen LogP contribution in [-0.2, 0) is 0 Å². The first-order chi connectivity index (χ1) is 8.72. The van der Waals surface area contributed by atoms with E-state index < -0.39 is 0 Å². The molecule has 0 bridgehead atoms. The van der Waals surface area contributed by atoms with Gasteiger partial charge in [-0.05, 0) is 29.8 Å². The van der Waals surface area contributed by atoms with Crippen molar-refractivity contribution in [2.75, 3.05) is 11.5 Å². The Balaban J connectivity index is 0.000000289. The molecular formula is C16H20N2. The van der Waals surface area contributed by atoms with Gasteiger partial charge in [0.1, 0.15) is 0 Å². The Morgan fingerprint density at radius 2 is 1.17 bits per heavy atom. The molecule has 0 atom stereocenters. The van der Waals surface area contributed by atoms with E-state index in [4.69, 9.17) is 11.5 Å². The molecule has 0 spiro atoms. The van der Waals surface area contributed by atoms with Gasteiger partial charge >= 0.3 is 0 Å². The van der Waals surface area contributed by atoms with Crippen LogP contribution >= 0.6 is 0 Å². The van der Waals surface area contributed by atoms with E-state index in [0.717, 1.165) is 16.9 Å². The zero-order valence-corrected chi connectivity index (χ0v) is 10.5. The Bertz CT molecular complexity index is 432. The third-order valence-electron chi connectivity index (χ3n) is 1.97. The third-order valence-corrected chi connectivity index (χ3v) is 1.97. The molecule has 0 saturated carbocycles. The first-order valence-electron chi connectivity index (χ1n) is 5.51. The van der Waals surface area contributed by atoms with Crippen molar-refractivity contribution in [3.05, 3.63) is 79.9 Å². The molecule has 0 amide bonds. The molecule has 0 heterocycles. The van der Waals surface area contributed by atoms with Gasteiger partial charge in [0, 0.05) is 11.4 Å². The van der Waals surface area contributed by atoms with Crippen molar-refractivity contribution in [2.24, 2.45) is 0 Å². The highest BCUT2D eigenvalue weighted by Gasteiger charge is 1.82. The van der Waals surface area contributed by atoms with Crippen LogP contribution in [0.2, 0.25) is 0 Å². The van der Waals surface area contributed by atoms with Crippen molar-refractivity contribution in [1.82, 2.24) is 0 Å². The average molecular weight is 240 g/mol. The van der Waals surface area contributed by atoms with Gasteiger partial charge in [-0.3, -0.25) is 0 Å². The SMILES string of the molecule is C=C.C=Cc1ccc(N)cc1.Nc1ccccc1. The van der Waals surface area contributed by atoms with Crippen molar-refractivity contribution in [3.63, 3.8) is 0 Å². The minimum absolute atomic E-state index is 0.792. The van der Waals surface area contributed by atoms with Crippen LogP contribution in [0.1, 0.15) is 5.56 Å². The van der Waals surface area contributed by atoms with E-state index in [1.165, 1.54) is 0 Å². The van der Waals surface area contributed by atoms with Gasteiger partial charge in [-0.25, -0.2) is 0 Å². The van der Waals surface area contributed by atoms with Gasteiger partial charge in [-0.1, -0.05) is 43.0 Å². The molecule has 0 aromatic heterocycles. The van der Waals surface area contributed by atoms with Gasteiger partial charge in [0.05, 0.1) is 0 Å². The summed E-state index contributed by atoms with van der Waals surface area (Å²) in [6.45, 7) is 9.62. The first-order valence-corrected chi connectivity index (χ1v) is 5.51. The van der Waals surface area contributed by atoms with E-state index in [9.17, 15) is 0 Å². The lowest BCUT2D eigenvalue weighted by atomic mass is 10.2. The van der Waals surface area contributed by atoms with Crippen molar-refractivity contribution in [2.45, 2.75) is 0 Å². The minimum Gasteiger partial charge on any atom is -0.399 e. The average Bonchev–Trinajstić information content (AvgIpc) is 2.43. The minimum atomic E-state index is 0.792. The Kier molecular flexibility index (Phi) is 8.39. The quantitative estimate of drug-likeness (QED) is 0.585. The monoisotopic (exact) mass is 240 g/mol. The predicted molar refractivity (Wildman–Crippen MR) is 83.1 cm³/mol. The number of benzene rings is 2. The molecule has 0 aliphatic rings. The molecule has 0 radical (unpaired) electrons. The summed E-state index contributed by atoms with van der Waals surface area (Å²) in [5.74, 6) is 0. The Morgan fingerprint density at radius 3 is 1.50 bits per heavy atom. The second kappa shape index (κ2) is 9.73. The van der Waals surface area contributed by atoms with E-state index in [-0.39, 0.29) is 0 Å². The van der Waals surface area contributed by atoms with Crippen molar-refractivity contribution in [1.29, 1.82) is 0 Å². The highest BCUT2D eigenvalue weighted by atomic mass is 14.5. The molecule has 0 unspecified atom stereocenters. The molecule has 4 N–H and O–H groups in total. The molecule has 2 aromatic rings. The van der Waals surface area contributed by atoms with Gasteiger partial charge in [-0.15, -0.1) is 13.2 Å². The number of hydrogen-bond acceptors (Lipinski definition) is 2. The molecule has 0 saturated heterocycles. The molecule has 18 heavy (non-hydrogen) atoms. The molecule has 94 valence electrons. The Labute approximate surface area is 109 Å². The fourth-order valence-electron chi connectivity index (χ4n) is 1.09. The van der Waals surface area contributed by atoms with E-state index in [0.29, 0.717) is 0 Å². The summed E-state index contributed by atoms with van der Waals surface area (Å²) in [5.41, 5.74) is 13.5. The zero-order valence-electron chi connectivity index (χ0n) is 10.5. The summed E-state index contributed by atoms with van der Waals surface area (Å²) in [5, 5.41) is 0. The lowest BCUT2D eigenvalue weighted by molar-refractivity contribution is 1.65. The smallest absolute Gasteiger partial charge is 0.0314 e. The maximum atomic E-state index is 5.45. The summed E-state index contributed by atoms with van der Waals surface area (Å²) < 4.78 is 0. The molecular weight excluding hydrogens is 220 g/mol. The fraction of sp³-hybridized carbons (Fsp3) is 0. The lowest BCUT2D eigenvalue weighted by Gasteiger charge is -1.91. The molecule has 0 fully saturated rings.